The second-order valence-corrected chi connectivity index (χ2v) is 7.32. The fourth-order valence-electron chi connectivity index (χ4n) is 2.10. The third kappa shape index (κ3) is 3.03. The molecule has 1 N–H and O–H groups in total. The molecule has 0 radical (unpaired) electrons. The number of carboxylic acids is 1. The summed E-state index contributed by atoms with van der Waals surface area (Å²) in [7, 11) is -0.564. The van der Waals surface area contributed by atoms with E-state index in [2.05, 4.69) is 0 Å². The molecule has 5 nitrogen and oxygen atoms in total. The molecule has 0 aromatic heterocycles. The lowest BCUT2D eigenvalue weighted by atomic mass is 9.98. The topological polar surface area (TPSA) is 74.7 Å². The lowest BCUT2D eigenvalue weighted by Crippen LogP contribution is -2.22. The normalized spacial score (nSPS) is 11.6. The van der Waals surface area contributed by atoms with Crippen LogP contribution in [0, 0.1) is 6.92 Å². The Balaban J connectivity index is 2.51. The van der Waals surface area contributed by atoms with E-state index < -0.39 is 16.0 Å². The predicted molar refractivity (Wildman–Crippen MR) is 84.4 cm³/mol. The molecular weight excluding hydrogens is 302 g/mol. The first-order valence-corrected chi connectivity index (χ1v) is 8.04. The number of hydrogen-bond acceptors (Lipinski definition) is 3. The largest absolute Gasteiger partial charge is 0.478 e. The Bertz CT molecular complexity index is 809. The minimum absolute atomic E-state index is 0.172. The Morgan fingerprint density at radius 2 is 1.64 bits per heavy atom. The van der Waals surface area contributed by atoms with Gasteiger partial charge in [-0.1, -0.05) is 29.8 Å². The number of sulfonamides is 1. The third-order valence-corrected chi connectivity index (χ3v) is 5.18. The van der Waals surface area contributed by atoms with Gasteiger partial charge in [0.1, 0.15) is 0 Å². The van der Waals surface area contributed by atoms with E-state index in [9.17, 15) is 18.3 Å². The highest BCUT2D eigenvalue weighted by molar-refractivity contribution is 7.89. The highest BCUT2D eigenvalue weighted by Gasteiger charge is 2.18. The highest BCUT2D eigenvalue weighted by Crippen LogP contribution is 2.26. The number of hydrogen-bond donors (Lipinski definition) is 1. The van der Waals surface area contributed by atoms with Gasteiger partial charge in [0.05, 0.1) is 10.5 Å². The van der Waals surface area contributed by atoms with Crippen molar-refractivity contribution in [1.82, 2.24) is 4.31 Å². The molecule has 0 amide bonds. The fraction of sp³-hybridized carbons (Fsp3) is 0.188. The molecular formula is C16H17NO4S. The standard InChI is InChI=1S/C16H17NO4S/c1-11-4-9-14(15(10-11)16(18)19)12-5-7-13(8-6-12)22(20,21)17(2)3/h4-10H,1-3H3,(H,18,19). The van der Waals surface area contributed by atoms with Crippen LogP contribution in [-0.2, 0) is 10.0 Å². The van der Waals surface area contributed by atoms with E-state index in [4.69, 9.17) is 0 Å². The van der Waals surface area contributed by atoms with Crippen LogP contribution in [0.25, 0.3) is 11.1 Å². The summed E-state index contributed by atoms with van der Waals surface area (Å²) in [4.78, 5) is 11.5. The number of nitrogens with zero attached hydrogens (tertiary/aromatic N) is 1. The van der Waals surface area contributed by atoms with Crippen LogP contribution in [-0.4, -0.2) is 37.9 Å². The van der Waals surface area contributed by atoms with Crippen molar-refractivity contribution in [2.45, 2.75) is 11.8 Å². The summed E-state index contributed by atoms with van der Waals surface area (Å²) in [6.07, 6.45) is 0. The molecule has 0 atom stereocenters. The number of benzene rings is 2. The first-order valence-electron chi connectivity index (χ1n) is 6.60. The average Bonchev–Trinajstić information content (AvgIpc) is 2.47. The second kappa shape index (κ2) is 5.90. The van der Waals surface area contributed by atoms with E-state index in [0.29, 0.717) is 11.1 Å². The number of aryl methyl sites for hydroxylation is 1. The van der Waals surface area contributed by atoms with Gasteiger partial charge in [0.25, 0.3) is 0 Å². The van der Waals surface area contributed by atoms with Crippen LogP contribution in [0.2, 0.25) is 0 Å². The first-order chi connectivity index (χ1) is 10.2. The van der Waals surface area contributed by atoms with E-state index in [0.717, 1.165) is 9.87 Å². The molecule has 6 heteroatoms. The summed E-state index contributed by atoms with van der Waals surface area (Å²) in [5.41, 5.74) is 2.28. The smallest absolute Gasteiger partial charge is 0.336 e. The molecule has 0 fully saturated rings. The van der Waals surface area contributed by atoms with Gasteiger partial charge in [-0.3, -0.25) is 0 Å². The molecule has 0 unspecified atom stereocenters. The van der Waals surface area contributed by atoms with Gasteiger partial charge in [0.15, 0.2) is 0 Å². The Morgan fingerprint density at radius 1 is 1.05 bits per heavy atom. The zero-order chi connectivity index (χ0) is 16.5. The van der Waals surface area contributed by atoms with E-state index in [1.54, 1.807) is 24.3 Å². The molecule has 2 rings (SSSR count). The Labute approximate surface area is 129 Å². The molecule has 116 valence electrons. The zero-order valence-corrected chi connectivity index (χ0v) is 13.4. The van der Waals surface area contributed by atoms with Crippen molar-refractivity contribution in [3.8, 4) is 11.1 Å². The van der Waals surface area contributed by atoms with Gasteiger partial charge < -0.3 is 5.11 Å². The molecule has 0 aliphatic heterocycles. The molecule has 0 aliphatic rings. The van der Waals surface area contributed by atoms with Crippen molar-refractivity contribution in [1.29, 1.82) is 0 Å². The second-order valence-electron chi connectivity index (χ2n) is 5.17. The van der Waals surface area contributed by atoms with Gasteiger partial charge in [-0.05, 0) is 36.2 Å². The van der Waals surface area contributed by atoms with Crippen LogP contribution in [0.15, 0.2) is 47.4 Å². The Kier molecular flexibility index (Phi) is 4.35. The van der Waals surface area contributed by atoms with Crippen LogP contribution in [0.5, 0.6) is 0 Å². The molecule has 0 heterocycles. The molecule has 0 spiro atoms. The van der Waals surface area contributed by atoms with Crippen LogP contribution >= 0.6 is 0 Å². The van der Waals surface area contributed by atoms with Crippen LogP contribution in [0.1, 0.15) is 15.9 Å². The number of carbonyl (C=O) groups is 1. The average molecular weight is 319 g/mol. The van der Waals surface area contributed by atoms with Crippen molar-refractivity contribution >= 4 is 16.0 Å². The molecule has 0 bridgehead atoms. The Hall–Kier alpha value is -2.18. The van der Waals surface area contributed by atoms with Crippen molar-refractivity contribution < 1.29 is 18.3 Å². The predicted octanol–water partition coefficient (Wildman–Crippen LogP) is 2.61. The molecule has 2 aromatic carbocycles. The maximum absolute atomic E-state index is 12.0. The lowest BCUT2D eigenvalue weighted by Gasteiger charge is -2.12. The highest BCUT2D eigenvalue weighted by atomic mass is 32.2. The molecule has 0 aliphatic carbocycles. The monoisotopic (exact) mass is 319 g/mol. The van der Waals surface area contributed by atoms with E-state index in [1.165, 1.54) is 26.2 Å². The van der Waals surface area contributed by atoms with E-state index in [1.807, 2.05) is 13.0 Å². The van der Waals surface area contributed by atoms with E-state index >= 15 is 0 Å². The summed E-state index contributed by atoms with van der Waals surface area (Å²) in [6, 6.07) is 11.4. The van der Waals surface area contributed by atoms with Gasteiger partial charge in [-0.2, -0.15) is 0 Å². The maximum atomic E-state index is 12.0. The van der Waals surface area contributed by atoms with Gasteiger partial charge in [0, 0.05) is 14.1 Å². The summed E-state index contributed by atoms with van der Waals surface area (Å²) in [5, 5.41) is 9.31. The lowest BCUT2D eigenvalue weighted by molar-refractivity contribution is 0.0697. The Morgan fingerprint density at radius 3 is 2.14 bits per heavy atom. The van der Waals surface area contributed by atoms with Crippen molar-refractivity contribution in [2.24, 2.45) is 0 Å². The first kappa shape index (κ1) is 16.2. The van der Waals surface area contributed by atoms with Crippen LogP contribution in [0.4, 0.5) is 0 Å². The SMILES string of the molecule is Cc1ccc(-c2ccc(S(=O)(=O)N(C)C)cc2)c(C(=O)O)c1. The van der Waals surface area contributed by atoms with Gasteiger partial charge in [-0.15, -0.1) is 0 Å². The summed E-state index contributed by atoms with van der Waals surface area (Å²) in [5.74, 6) is -1.01. The molecule has 0 saturated heterocycles. The van der Waals surface area contributed by atoms with E-state index in [-0.39, 0.29) is 10.5 Å². The van der Waals surface area contributed by atoms with Gasteiger partial charge >= 0.3 is 5.97 Å². The summed E-state index contributed by atoms with van der Waals surface area (Å²) >= 11 is 0. The van der Waals surface area contributed by atoms with Gasteiger partial charge in [0.2, 0.25) is 10.0 Å². The minimum Gasteiger partial charge on any atom is -0.478 e. The third-order valence-electron chi connectivity index (χ3n) is 3.35. The van der Waals surface area contributed by atoms with Gasteiger partial charge in [-0.25, -0.2) is 17.5 Å². The summed E-state index contributed by atoms with van der Waals surface area (Å²) in [6.45, 7) is 1.82. The number of rotatable bonds is 4. The fourth-order valence-corrected chi connectivity index (χ4v) is 3.01. The molecule has 2 aromatic rings. The van der Waals surface area contributed by atoms with Crippen LogP contribution in [0.3, 0.4) is 0 Å². The summed E-state index contributed by atoms with van der Waals surface area (Å²) < 4.78 is 25.2. The van der Waals surface area contributed by atoms with Crippen LogP contribution < -0.4 is 0 Å². The minimum atomic E-state index is -3.49. The molecule has 0 saturated carbocycles. The number of aromatic carboxylic acids is 1. The zero-order valence-electron chi connectivity index (χ0n) is 12.6. The van der Waals surface area contributed by atoms with Crippen molar-refractivity contribution in [3.63, 3.8) is 0 Å². The quantitative estimate of drug-likeness (QED) is 0.940. The van der Waals surface area contributed by atoms with Crippen molar-refractivity contribution in [2.75, 3.05) is 14.1 Å². The van der Waals surface area contributed by atoms with Crippen molar-refractivity contribution in [3.05, 3.63) is 53.6 Å². The maximum Gasteiger partial charge on any atom is 0.336 e. The number of carboxylic acid groups (broad SMARTS) is 1. The molecule has 22 heavy (non-hydrogen) atoms.